The van der Waals surface area contributed by atoms with Crippen molar-refractivity contribution in [1.82, 2.24) is 0 Å². The third-order valence-electron chi connectivity index (χ3n) is 4.12. The fourth-order valence-electron chi connectivity index (χ4n) is 2.73. The first-order chi connectivity index (χ1) is 11.3. The summed E-state index contributed by atoms with van der Waals surface area (Å²) in [5.74, 6) is 0. The molecule has 0 bridgehead atoms. The Morgan fingerprint density at radius 1 is 1.04 bits per heavy atom. The molecule has 6 N–H and O–H groups in total. The fraction of sp³-hybridized carbons (Fsp3) is 1.00. The molecule has 12 heteroatoms. The van der Waals surface area contributed by atoms with Gasteiger partial charge in [0.05, 0.1) is 18.8 Å². The lowest BCUT2D eigenvalue weighted by Crippen LogP contribution is -2.63. The van der Waals surface area contributed by atoms with Crippen molar-refractivity contribution in [2.75, 3.05) is 6.61 Å². The molecule has 0 aromatic carbocycles. The predicted octanol–water partition coefficient (Wildman–Crippen LogP) is -3.05. The lowest BCUT2D eigenvalue weighted by Gasteiger charge is -2.45. The lowest BCUT2D eigenvalue weighted by atomic mass is 9.96. The summed E-state index contributed by atoms with van der Waals surface area (Å²) in [6, 6.07) is -1.36. The summed E-state index contributed by atoms with van der Waals surface area (Å²) in [4.78, 5) is 2.55. The van der Waals surface area contributed by atoms with Crippen molar-refractivity contribution in [3.05, 3.63) is 10.4 Å². The van der Waals surface area contributed by atoms with Gasteiger partial charge in [-0.2, -0.15) is 0 Å². The zero-order valence-corrected chi connectivity index (χ0v) is 12.7. The Kier molecular flexibility index (Phi) is 6.33. The van der Waals surface area contributed by atoms with Crippen LogP contribution >= 0.6 is 0 Å². The Balaban J connectivity index is 2.19. The third kappa shape index (κ3) is 3.63. The van der Waals surface area contributed by atoms with Crippen LogP contribution in [0.2, 0.25) is 0 Å². The SMILES string of the molecule is CC1OC(O)C(O)C(O)C1OC1OC(CO)C(O)C(O)C1N=[N+]=[N-]. The van der Waals surface area contributed by atoms with Gasteiger partial charge in [-0.25, -0.2) is 0 Å². The summed E-state index contributed by atoms with van der Waals surface area (Å²) in [5, 5.41) is 61.5. The second kappa shape index (κ2) is 7.89. The zero-order chi connectivity index (χ0) is 18.0. The molecule has 0 aliphatic carbocycles. The molecule has 0 radical (unpaired) electrons. The van der Waals surface area contributed by atoms with Gasteiger partial charge >= 0.3 is 0 Å². The fourth-order valence-corrected chi connectivity index (χ4v) is 2.73. The first-order valence-corrected chi connectivity index (χ1v) is 7.33. The standard InChI is InChI=1S/C12H21N3O9/c1-3-10(8(19)9(20)11(21)22-3)24-12-5(14-15-13)7(18)6(17)4(2-16)23-12/h3-12,16-21H,2H2,1H3. The van der Waals surface area contributed by atoms with Crippen LogP contribution in [0.15, 0.2) is 5.11 Å². The molecule has 2 heterocycles. The third-order valence-corrected chi connectivity index (χ3v) is 4.12. The molecule has 0 amide bonds. The van der Waals surface area contributed by atoms with Gasteiger partial charge in [-0.15, -0.1) is 0 Å². The quantitative estimate of drug-likeness (QED) is 0.173. The molecular weight excluding hydrogens is 330 g/mol. The second-order valence-electron chi connectivity index (χ2n) is 5.72. The van der Waals surface area contributed by atoms with Crippen molar-refractivity contribution in [3.8, 4) is 0 Å². The van der Waals surface area contributed by atoms with E-state index in [1.54, 1.807) is 0 Å². The van der Waals surface area contributed by atoms with Crippen molar-refractivity contribution in [2.45, 2.75) is 68.3 Å². The van der Waals surface area contributed by atoms with Crippen LogP contribution in [-0.4, -0.2) is 98.6 Å². The Labute approximate surface area is 136 Å². The normalized spacial score (nSPS) is 49.5. The number of ether oxygens (including phenoxy) is 3. The number of rotatable bonds is 4. The highest BCUT2D eigenvalue weighted by Crippen LogP contribution is 2.29. The van der Waals surface area contributed by atoms with Gasteiger partial charge in [0.2, 0.25) is 0 Å². The van der Waals surface area contributed by atoms with Crippen LogP contribution < -0.4 is 0 Å². The van der Waals surface area contributed by atoms with E-state index in [4.69, 9.17) is 19.7 Å². The average Bonchev–Trinajstić information content (AvgIpc) is 2.55. The van der Waals surface area contributed by atoms with E-state index in [1.165, 1.54) is 6.92 Å². The molecule has 12 nitrogen and oxygen atoms in total. The van der Waals surface area contributed by atoms with E-state index in [2.05, 4.69) is 10.0 Å². The van der Waals surface area contributed by atoms with Gasteiger partial charge in [0.15, 0.2) is 12.6 Å². The molecule has 138 valence electrons. The number of nitrogens with zero attached hydrogens (tertiary/aromatic N) is 3. The molecule has 2 saturated heterocycles. The second-order valence-corrected chi connectivity index (χ2v) is 5.72. The Hall–Kier alpha value is -1.05. The Morgan fingerprint density at radius 3 is 2.29 bits per heavy atom. The lowest BCUT2D eigenvalue weighted by molar-refractivity contribution is -0.334. The minimum atomic E-state index is -1.64. The molecule has 24 heavy (non-hydrogen) atoms. The molecule has 0 aromatic rings. The van der Waals surface area contributed by atoms with Crippen LogP contribution in [0.4, 0.5) is 0 Å². The summed E-state index contributed by atoms with van der Waals surface area (Å²) < 4.78 is 15.8. The monoisotopic (exact) mass is 351 g/mol. The van der Waals surface area contributed by atoms with Crippen molar-refractivity contribution >= 4 is 0 Å². The van der Waals surface area contributed by atoms with Crippen molar-refractivity contribution in [1.29, 1.82) is 0 Å². The molecule has 10 atom stereocenters. The van der Waals surface area contributed by atoms with E-state index in [0.717, 1.165) is 0 Å². The summed E-state index contributed by atoms with van der Waals surface area (Å²) in [6.07, 6.45) is -12.6. The van der Waals surface area contributed by atoms with Crippen LogP contribution in [0.1, 0.15) is 6.92 Å². The van der Waals surface area contributed by atoms with E-state index >= 15 is 0 Å². The maximum atomic E-state index is 10.0. The zero-order valence-electron chi connectivity index (χ0n) is 12.7. The molecule has 2 aliphatic heterocycles. The van der Waals surface area contributed by atoms with Crippen molar-refractivity contribution in [2.24, 2.45) is 5.11 Å². The molecule has 2 fully saturated rings. The van der Waals surface area contributed by atoms with Crippen molar-refractivity contribution < 1.29 is 44.8 Å². The largest absolute Gasteiger partial charge is 0.394 e. The van der Waals surface area contributed by atoms with Crippen LogP contribution in [-0.2, 0) is 14.2 Å². The summed E-state index contributed by atoms with van der Waals surface area (Å²) >= 11 is 0. The van der Waals surface area contributed by atoms with Gasteiger partial charge in [-0.1, -0.05) is 5.11 Å². The van der Waals surface area contributed by atoms with Crippen LogP contribution in [0.5, 0.6) is 0 Å². The number of azide groups is 1. The minimum Gasteiger partial charge on any atom is -0.394 e. The number of hydrogen-bond donors (Lipinski definition) is 6. The van der Waals surface area contributed by atoms with Gasteiger partial charge in [0, 0.05) is 4.91 Å². The highest BCUT2D eigenvalue weighted by Gasteiger charge is 2.49. The highest BCUT2D eigenvalue weighted by atomic mass is 16.7. The van der Waals surface area contributed by atoms with Gasteiger partial charge in [0.25, 0.3) is 0 Å². The van der Waals surface area contributed by atoms with E-state index in [-0.39, 0.29) is 0 Å². The van der Waals surface area contributed by atoms with Gasteiger partial charge in [0.1, 0.15) is 36.6 Å². The van der Waals surface area contributed by atoms with E-state index < -0.39 is 68.0 Å². The van der Waals surface area contributed by atoms with E-state index in [1.807, 2.05) is 0 Å². The molecule has 0 spiro atoms. The number of aliphatic hydroxyl groups is 6. The topological polar surface area (TPSA) is 198 Å². The van der Waals surface area contributed by atoms with Crippen LogP contribution in [0.25, 0.3) is 10.4 Å². The smallest absolute Gasteiger partial charge is 0.183 e. The Bertz CT molecular complexity index is 477. The molecule has 0 aromatic heterocycles. The number of aliphatic hydroxyl groups excluding tert-OH is 6. The summed E-state index contributed by atoms with van der Waals surface area (Å²) in [5.41, 5.74) is 8.61. The van der Waals surface area contributed by atoms with Gasteiger partial charge in [-0.3, -0.25) is 0 Å². The van der Waals surface area contributed by atoms with E-state index in [0.29, 0.717) is 0 Å². The summed E-state index contributed by atoms with van der Waals surface area (Å²) in [7, 11) is 0. The number of hydrogen-bond acceptors (Lipinski definition) is 10. The van der Waals surface area contributed by atoms with Crippen LogP contribution in [0, 0.1) is 0 Å². The highest BCUT2D eigenvalue weighted by molar-refractivity contribution is 4.95. The minimum absolute atomic E-state index is 0.637. The molecule has 2 rings (SSSR count). The van der Waals surface area contributed by atoms with Crippen molar-refractivity contribution in [3.63, 3.8) is 0 Å². The maximum Gasteiger partial charge on any atom is 0.183 e. The first kappa shape index (κ1) is 19.3. The predicted molar refractivity (Wildman–Crippen MR) is 74.1 cm³/mol. The summed E-state index contributed by atoms with van der Waals surface area (Å²) in [6.45, 7) is 0.824. The van der Waals surface area contributed by atoms with Gasteiger partial charge < -0.3 is 44.8 Å². The molecular formula is C12H21N3O9. The maximum absolute atomic E-state index is 10.0. The molecule has 0 saturated carbocycles. The average molecular weight is 351 g/mol. The molecule has 10 unspecified atom stereocenters. The van der Waals surface area contributed by atoms with E-state index in [9.17, 15) is 30.6 Å². The molecule has 2 aliphatic rings. The first-order valence-electron chi connectivity index (χ1n) is 7.33. The Morgan fingerprint density at radius 2 is 1.71 bits per heavy atom. The van der Waals surface area contributed by atoms with Gasteiger partial charge in [-0.05, 0) is 12.5 Å². The van der Waals surface area contributed by atoms with Crippen LogP contribution in [0.3, 0.4) is 0 Å².